The average molecular weight is 326 g/mol. The Morgan fingerprint density at radius 3 is 2.62 bits per heavy atom. The summed E-state index contributed by atoms with van der Waals surface area (Å²) >= 11 is 0. The van der Waals surface area contributed by atoms with Crippen LogP contribution in [0.3, 0.4) is 0 Å². The summed E-state index contributed by atoms with van der Waals surface area (Å²) in [5.41, 5.74) is 7.71. The Balaban J connectivity index is 1.70. The van der Waals surface area contributed by atoms with Gasteiger partial charge in [0, 0.05) is 23.2 Å². The third-order valence-corrected chi connectivity index (χ3v) is 4.16. The minimum atomic E-state index is -0.244. The smallest absolute Gasteiger partial charge is 0.251 e. The first-order valence-corrected chi connectivity index (χ1v) is 7.99. The van der Waals surface area contributed by atoms with Crippen molar-refractivity contribution in [2.75, 3.05) is 25.5 Å². The van der Waals surface area contributed by atoms with Crippen molar-refractivity contribution in [2.45, 2.75) is 19.3 Å². The summed E-state index contributed by atoms with van der Waals surface area (Å²) in [4.78, 5) is 12.3. The van der Waals surface area contributed by atoms with E-state index < -0.39 is 0 Å². The molecule has 1 amide bonds. The van der Waals surface area contributed by atoms with Crippen LogP contribution in [0.1, 0.15) is 29.8 Å². The Morgan fingerprint density at radius 1 is 1.12 bits per heavy atom. The van der Waals surface area contributed by atoms with Gasteiger partial charge in [-0.05, 0) is 35.9 Å². The molecule has 24 heavy (non-hydrogen) atoms. The van der Waals surface area contributed by atoms with Crippen LogP contribution in [0.2, 0.25) is 0 Å². The van der Waals surface area contributed by atoms with Crippen molar-refractivity contribution < 1.29 is 14.3 Å². The van der Waals surface area contributed by atoms with E-state index in [1.165, 1.54) is 0 Å². The number of carbonyl (C=O) groups is 1. The summed E-state index contributed by atoms with van der Waals surface area (Å²) in [5.74, 6) is 1.39. The Kier molecular flexibility index (Phi) is 4.34. The molecule has 0 aromatic heterocycles. The van der Waals surface area contributed by atoms with Crippen LogP contribution in [0.4, 0.5) is 5.69 Å². The second kappa shape index (κ2) is 6.43. The number of ether oxygens (including phenoxy) is 2. The number of nitrogens with two attached hydrogens (primary N) is 1. The van der Waals surface area contributed by atoms with Gasteiger partial charge >= 0.3 is 0 Å². The van der Waals surface area contributed by atoms with Gasteiger partial charge in [0.2, 0.25) is 0 Å². The molecule has 3 N–H and O–H groups in total. The molecule has 5 nitrogen and oxygen atoms in total. The van der Waals surface area contributed by atoms with Crippen molar-refractivity contribution in [3.8, 4) is 11.5 Å². The standard InChI is InChI=1S/C19H22N2O3/c1-19(2,12-21-18(22)13-4-3-5-15(20)10-13)14-6-7-16-17(11-14)24-9-8-23-16/h3-7,10-11H,8-9,12,20H2,1-2H3,(H,21,22). The SMILES string of the molecule is CC(C)(CNC(=O)c1cccc(N)c1)c1ccc2c(c1)OCCO2. The van der Waals surface area contributed by atoms with E-state index in [2.05, 4.69) is 19.2 Å². The number of fused-ring (bicyclic) bond motifs is 1. The van der Waals surface area contributed by atoms with Gasteiger partial charge < -0.3 is 20.5 Å². The predicted octanol–water partition coefficient (Wildman–Crippen LogP) is 2.75. The summed E-state index contributed by atoms with van der Waals surface area (Å²) in [7, 11) is 0. The van der Waals surface area contributed by atoms with Crippen molar-refractivity contribution in [3.63, 3.8) is 0 Å². The van der Waals surface area contributed by atoms with Gasteiger partial charge in [0.05, 0.1) is 0 Å². The zero-order chi connectivity index (χ0) is 17.2. The van der Waals surface area contributed by atoms with Crippen LogP contribution in [-0.2, 0) is 5.41 Å². The van der Waals surface area contributed by atoms with E-state index in [1.54, 1.807) is 24.3 Å². The maximum atomic E-state index is 12.3. The fourth-order valence-corrected chi connectivity index (χ4v) is 2.65. The molecular weight excluding hydrogens is 304 g/mol. The molecule has 0 fully saturated rings. The summed E-state index contributed by atoms with van der Waals surface area (Å²) in [6.45, 7) is 5.80. The van der Waals surface area contributed by atoms with Crippen LogP contribution in [-0.4, -0.2) is 25.7 Å². The Labute approximate surface area is 141 Å². The Hall–Kier alpha value is -2.69. The van der Waals surface area contributed by atoms with Gasteiger partial charge in [0.15, 0.2) is 11.5 Å². The van der Waals surface area contributed by atoms with Gasteiger partial charge in [-0.1, -0.05) is 26.0 Å². The molecule has 0 bridgehead atoms. The molecule has 0 unspecified atom stereocenters. The zero-order valence-electron chi connectivity index (χ0n) is 14.0. The van der Waals surface area contributed by atoms with Crippen molar-refractivity contribution in [1.29, 1.82) is 0 Å². The van der Waals surface area contributed by atoms with Gasteiger partial charge in [-0.15, -0.1) is 0 Å². The molecule has 0 spiro atoms. The largest absolute Gasteiger partial charge is 0.486 e. The molecule has 0 saturated carbocycles. The van der Waals surface area contributed by atoms with E-state index >= 15 is 0 Å². The van der Waals surface area contributed by atoms with Gasteiger partial charge in [0.1, 0.15) is 13.2 Å². The molecule has 5 heteroatoms. The number of anilines is 1. The average Bonchev–Trinajstić information content (AvgIpc) is 2.59. The Morgan fingerprint density at radius 2 is 1.88 bits per heavy atom. The quantitative estimate of drug-likeness (QED) is 0.847. The number of hydrogen-bond donors (Lipinski definition) is 2. The van der Waals surface area contributed by atoms with Gasteiger partial charge in [-0.2, -0.15) is 0 Å². The maximum Gasteiger partial charge on any atom is 0.251 e. The number of hydrogen-bond acceptors (Lipinski definition) is 4. The highest BCUT2D eigenvalue weighted by Crippen LogP contribution is 2.34. The molecule has 1 aliphatic heterocycles. The lowest BCUT2D eigenvalue weighted by molar-refractivity contribution is 0.0945. The molecule has 126 valence electrons. The molecule has 3 rings (SSSR count). The molecule has 0 saturated heterocycles. The highest BCUT2D eigenvalue weighted by atomic mass is 16.6. The number of nitrogens with one attached hydrogen (secondary N) is 1. The van der Waals surface area contributed by atoms with E-state index in [0.29, 0.717) is 31.0 Å². The van der Waals surface area contributed by atoms with Crippen LogP contribution in [0.25, 0.3) is 0 Å². The monoisotopic (exact) mass is 326 g/mol. The highest BCUT2D eigenvalue weighted by molar-refractivity contribution is 5.95. The lowest BCUT2D eigenvalue weighted by Crippen LogP contribution is -2.36. The summed E-state index contributed by atoms with van der Waals surface area (Å²) in [6, 6.07) is 12.9. The molecule has 1 heterocycles. The van der Waals surface area contributed by atoms with Crippen molar-refractivity contribution in [1.82, 2.24) is 5.32 Å². The fourth-order valence-electron chi connectivity index (χ4n) is 2.65. The first-order valence-electron chi connectivity index (χ1n) is 7.99. The normalized spacial score (nSPS) is 13.4. The summed E-state index contributed by atoms with van der Waals surface area (Å²) < 4.78 is 11.2. The first-order chi connectivity index (χ1) is 11.5. The van der Waals surface area contributed by atoms with Crippen LogP contribution in [0.5, 0.6) is 11.5 Å². The topological polar surface area (TPSA) is 73.6 Å². The molecule has 2 aromatic carbocycles. The van der Waals surface area contributed by atoms with Gasteiger partial charge in [-0.3, -0.25) is 4.79 Å². The molecule has 0 aliphatic carbocycles. The predicted molar refractivity (Wildman–Crippen MR) is 93.6 cm³/mol. The van der Waals surface area contributed by atoms with Crippen LogP contribution in [0, 0.1) is 0 Å². The van der Waals surface area contributed by atoms with E-state index in [4.69, 9.17) is 15.2 Å². The third kappa shape index (κ3) is 3.45. The van der Waals surface area contributed by atoms with Crippen molar-refractivity contribution in [2.24, 2.45) is 0 Å². The minimum Gasteiger partial charge on any atom is -0.486 e. The van der Waals surface area contributed by atoms with Crippen LogP contribution >= 0.6 is 0 Å². The molecule has 1 aliphatic rings. The van der Waals surface area contributed by atoms with Gasteiger partial charge in [0.25, 0.3) is 5.91 Å². The zero-order valence-corrected chi connectivity index (χ0v) is 14.0. The molecule has 0 atom stereocenters. The Bertz CT molecular complexity index is 756. The number of benzene rings is 2. The third-order valence-electron chi connectivity index (χ3n) is 4.16. The second-order valence-electron chi connectivity index (χ2n) is 6.55. The van der Waals surface area contributed by atoms with E-state index in [9.17, 15) is 4.79 Å². The van der Waals surface area contributed by atoms with Gasteiger partial charge in [-0.25, -0.2) is 0 Å². The molecule has 0 radical (unpaired) electrons. The highest BCUT2D eigenvalue weighted by Gasteiger charge is 2.24. The van der Waals surface area contributed by atoms with Crippen molar-refractivity contribution in [3.05, 3.63) is 53.6 Å². The van der Waals surface area contributed by atoms with Crippen LogP contribution < -0.4 is 20.5 Å². The number of rotatable bonds is 4. The number of nitrogen functional groups attached to an aromatic ring is 1. The van der Waals surface area contributed by atoms with E-state index in [1.807, 2.05) is 18.2 Å². The molecular formula is C19H22N2O3. The second-order valence-corrected chi connectivity index (χ2v) is 6.55. The minimum absolute atomic E-state index is 0.132. The molecule has 2 aromatic rings. The first kappa shape index (κ1) is 16.2. The van der Waals surface area contributed by atoms with Crippen molar-refractivity contribution >= 4 is 11.6 Å². The number of amides is 1. The fraction of sp³-hybridized carbons (Fsp3) is 0.316. The summed E-state index contributed by atoms with van der Waals surface area (Å²) in [6.07, 6.45) is 0. The maximum absolute atomic E-state index is 12.3. The summed E-state index contributed by atoms with van der Waals surface area (Å²) in [5, 5.41) is 2.98. The number of carbonyl (C=O) groups excluding carboxylic acids is 1. The van der Waals surface area contributed by atoms with E-state index in [-0.39, 0.29) is 11.3 Å². The van der Waals surface area contributed by atoms with E-state index in [0.717, 1.165) is 17.1 Å². The van der Waals surface area contributed by atoms with Crippen LogP contribution in [0.15, 0.2) is 42.5 Å². The lowest BCUT2D eigenvalue weighted by atomic mass is 9.84. The lowest BCUT2D eigenvalue weighted by Gasteiger charge is -2.28.